The fraction of sp³-hybridized carbons (Fsp3) is 0.615. The quantitative estimate of drug-likeness (QED) is 0.908. The number of ether oxygens (including phenoxy) is 1. The van der Waals surface area contributed by atoms with Crippen LogP contribution in [0.1, 0.15) is 18.5 Å². The van der Waals surface area contributed by atoms with Crippen molar-refractivity contribution in [2.45, 2.75) is 25.4 Å². The molecular weight excluding hydrogens is 250 g/mol. The number of pyridine rings is 1. The average Bonchev–Trinajstić information content (AvgIpc) is 2.42. The Bertz CT molecular complexity index is 394. The van der Waals surface area contributed by atoms with Crippen molar-refractivity contribution < 1.29 is 4.74 Å². The fourth-order valence-electron chi connectivity index (χ4n) is 2.22. The molecule has 0 radical (unpaired) electrons. The van der Waals surface area contributed by atoms with Gasteiger partial charge in [0.25, 0.3) is 0 Å². The molecule has 0 amide bonds. The molecule has 1 N–H and O–H groups in total. The lowest BCUT2D eigenvalue weighted by atomic mass is 10.1. The molecule has 1 aliphatic rings. The summed E-state index contributed by atoms with van der Waals surface area (Å²) in [7, 11) is 3.99. The SMILES string of the molecule is CNCc1nc(N(C)C2CCOCC2)ccc1Cl. The molecule has 2 heterocycles. The molecule has 0 bridgehead atoms. The molecule has 100 valence electrons. The van der Waals surface area contributed by atoms with Crippen LogP contribution in [0.25, 0.3) is 0 Å². The minimum atomic E-state index is 0.509. The van der Waals surface area contributed by atoms with Crippen LogP contribution in [0.5, 0.6) is 0 Å². The van der Waals surface area contributed by atoms with Crippen molar-refractivity contribution in [2.75, 3.05) is 32.2 Å². The van der Waals surface area contributed by atoms with Crippen LogP contribution < -0.4 is 10.2 Å². The second-order valence-corrected chi connectivity index (χ2v) is 4.99. The van der Waals surface area contributed by atoms with Gasteiger partial charge < -0.3 is 15.0 Å². The van der Waals surface area contributed by atoms with Crippen molar-refractivity contribution in [1.29, 1.82) is 0 Å². The molecular formula is C13H20ClN3O. The van der Waals surface area contributed by atoms with E-state index in [1.807, 2.05) is 19.2 Å². The first-order valence-corrected chi connectivity index (χ1v) is 6.70. The zero-order chi connectivity index (χ0) is 13.0. The smallest absolute Gasteiger partial charge is 0.128 e. The molecule has 0 unspecified atom stereocenters. The molecule has 0 aromatic carbocycles. The Morgan fingerprint density at radius 1 is 1.44 bits per heavy atom. The number of nitrogens with zero attached hydrogens (tertiary/aromatic N) is 2. The Balaban J connectivity index is 2.13. The lowest BCUT2D eigenvalue weighted by Crippen LogP contribution is -2.37. The first-order chi connectivity index (χ1) is 8.72. The van der Waals surface area contributed by atoms with Crippen LogP contribution in [-0.4, -0.2) is 38.3 Å². The Morgan fingerprint density at radius 2 is 2.17 bits per heavy atom. The van der Waals surface area contributed by atoms with Crippen LogP contribution in [0.15, 0.2) is 12.1 Å². The predicted molar refractivity (Wildman–Crippen MR) is 74.3 cm³/mol. The van der Waals surface area contributed by atoms with Gasteiger partial charge in [0.05, 0.1) is 10.7 Å². The van der Waals surface area contributed by atoms with Crippen LogP contribution in [-0.2, 0) is 11.3 Å². The molecule has 1 fully saturated rings. The van der Waals surface area contributed by atoms with Gasteiger partial charge in [0.1, 0.15) is 5.82 Å². The lowest BCUT2D eigenvalue weighted by molar-refractivity contribution is 0.0853. The summed E-state index contributed by atoms with van der Waals surface area (Å²) in [5.74, 6) is 0.983. The van der Waals surface area contributed by atoms with Gasteiger partial charge in [-0.3, -0.25) is 0 Å². The number of rotatable bonds is 4. The Hall–Kier alpha value is -0.840. The zero-order valence-corrected chi connectivity index (χ0v) is 11.7. The average molecular weight is 270 g/mol. The highest BCUT2D eigenvalue weighted by Crippen LogP contribution is 2.23. The molecule has 0 aliphatic carbocycles. The van der Waals surface area contributed by atoms with E-state index in [1.54, 1.807) is 0 Å². The number of anilines is 1. The molecule has 1 saturated heterocycles. The summed E-state index contributed by atoms with van der Waals surface area (Å²) in [4.78, 5) is 6.86. The minimum Gasteiger partial charge on any atom is -0.381 e. The van der Waals surface area contributed by atoms with Gasteiger partial charge in [-0.25, -0.2) is 4.98 Å². The Morgan fingerprint density at radius 3 is 2.83 bits per heavy atom. The van der Waals surface area contributed by atoms with Crippen molar-refractivity contribution in [3.05, 3.63) is 22.8 Å². The summed E-state index contributed by atoms with van der Waals surface area (Å²) in [6.07, 6.45) is 2.12. The van der Waals surface area contributed by atoms with E-state index in [0.717, 1.165) is 37.6 Å². The van der Waals surface area contributed by atoms with Gasteiger partial charge in [-0.05, 0) is 32.0 Å². The maximum Gasteiger partial charge on any atom is 0.128 e. The van der Waals surface area contributed by atoms with Crippen LogP contribution in [0.4, 0.5) is 5.82 Å². The van der Waals surface area contributed by atoms with E-state index in [-0.39, 0.29) is 0 Å². The molecule has 0 saturated carbocycles. The highest BCUT2D eigenvalue weighted by Gasteiger charge is 2.20. The van der Waals surface area contributed by atoms with Crippen molar-refractivity contribution in [3.8, 4) is 0 Å². The second kappa shape index (κ2) is 6.36. The third kappa shape index (κ3) is 3.13. The molecule has 5 heteroatoms. The molecule has 1 aliphatic heterocycles. The van der Waals surface area contributed by atoms with Crippen LogP contribution in [0, 0.1) is 0 Å². The van der Waals surface area contributed by atoms with Crippen molar-refractivity contribution in [2.24, 2.45) is 0 Å². The monoisotopic (exact) mass is 269 g/mol. The van der Waals surface area contributed by atoms with Crippen LogP contribution >= 0.6 is 11.6 Å². The maximum absolute atomic E-state index is 6.12. The normalized spacial score (nSPS) is 16.8. The molecule has 0 atom stereocenters. The zero-order valence-electron chi connectivity index (χ0n) is 10.9. The molecule has 2 rings (SSSR count). The molecule has 4 nitrogen and oxygen atoms in total. The maximum atomic E-state index is 6.12. The van der Waals surface area contributed by atoms with E-state index in [0.29, 0.717) is 17.6 Å². The van der Waals surface area contributed by atoms with E-state index in [1.165, 1.54) is 0 Å². The Labute approximate surface area is 113 Å². The van der Waals surface area contributed by atoms with Gasteiger partial charge in [-0.2, -0.15) is 0 Å². The van der Waals surface area contributed by atoms with Crippen LogP contribution in [0.2, 0.25) is 5.02 Å². The van der Waals surface area contributed by atoms with Gasteiger partial charge in [0.2, 0.25) is 0 Å². The number of nitrogens with one attached hydrogen (secondary N) is 1. The minimum absolute atomic E-state index is 0.509. The van der Waals surface area contributed by atoms with Gasteiger partial charge in [-0.15, -0.1) is 0 Å². The first kappa shape index (κ1) is 13.6. The molecule has 18 heavy (non-hydrogen) atoms. The van der Waals surface area contributed by atoms with E-state index < -0.39 is 0 Å². The second-order valence-electron chi connectivity index (χ2n) is 4.58. The topological polar surface area (TPSA) is 37.4 Å². The van der Waals surface area contributed by atoms with Crippen molar-refractivity contribution >= 4 is 17.4 Å². The largest absolute Gasteiger partial charge is 0.381 e. The van der Waals surface area contributed by atoms with E-state index >= 15 is 0 Å². The summed E-state index contributed by atoms with van der Waals surface area (Å²) >= 11 is 6.12. The highest BCUT2D eigenvalue weighted by molar-refractivity contribution is 6.31. The summed E-state index contributed by atoms with van der Waals surface area (Å²) in [6.45, 7) is 2.37. The molecule has 0 spiro atoms. The van der Waals surface area contributed by atoms with Gasteiger partial charge in [0.15, 0.2) is 0 Å². The van der Waals surface area contributed by atoms with Crippen molar-refractivity contribution in [3.63, 3.8) is 0 Å². The van der Waals surface area contributed by atoms with Gasteiger partial charge in [0, 0.05) is 32.8 Å². The predicted octanol–water partition coefficient (Wildman–Crippen LogP) is 2.07. The van der Waals surface area contributed by atoms with Crippen LogP contribution in [0.3, 0.4) is 0 Å². The third-order valence-corrected chi connectivity index (χ3v) is 3.69. The summed E-state index contributed by atoms with van der Waals surface area (Å²) in [5, 5.41) is 3.80. The standard InChI is InChI=1S/C13H20ClN3O/c1-15-9-12-11(14)3-4-13(16-12)17(2)10-5-7-18-8-6-10/h3-4,10,15H,5-9H2,1-2H3. The highest BCUT2D eigenvalue weighted by atomic mass is 35.5. The van der Waals surface area contributed by atoms with Gasteiger partial charge in [-0.1, -0.05) is 11.6 Å². The summed E-state index contributed by atoms with van der Waals surface area (Å²) in [5.41, 5.74) is 0.899. The molecule has 1 aromatic heterocycles. The van der Waals surface area contributed by atoms with E-state index in [4.69, 9.17) is 16.3 Å². The number of halogens is 1. The van der Waals surface area contributed by atoms with E-state index in [9.17, 15) is 0 Å². The first-order valence-electron chi connectivity index (χ1n) is 6.33. The number of hydrogen-bond donors (Lipinski definition) is 1. The fourth-order valence-corrected chi connectivity index (χ4v) is 2.39. The number of hydrogen-bond acceptors (Lipinski definition) is 4. The lowest BCUT2D eigenvalue weighted by Gasteiger charge is -2.32. The number of aromatic nitrogens is 1. The van der Waals surface area contributed by atoms with Crippen molar-refractivity contribution in [1.82, 2.24) is 10.3 Å². The Kier molecular flexibility index (Phi) is 4.80. The summed E-state index contributed by atoms with van der Waals surface area (Å²) in [6, 6.07) is 4.42. The summed E-state index contributed by atoms with van der Waals surface area (Å²) < 4.78 is 5.39. The van der Waals surface area contributed by atoms with Gasteiger partial charge >= 0.3 is 0 Å². The third-order valence-electron chi connectivity index (χ3n) is 3.35. The molecule has 1 aromatic rings. The van der Waals surface area contributed by atoms with E-state index in [2.05, 4.69) is 22.2 Å².